The molecule has 0 bridgehead atoms. The minimum atomic E-state index is 0.185. The van der Waals surface area contributed by atoms with E-state index < -0.39 is 0 Å². The molecule has 3 nitrogen and oxygen atoms in total. The Balaban J connectivity index is 2.36. The summed E-state index contributed by atoms with van der Waals surface area (Å²) >= 11 is 10.1. The van der Waals surface area contributed by atoms with Crippen molar-refractivity contribution >= 4 is 51.4 Å². The Kier molecular flexibility index (Phi) is 5.12. The van der Waals surface area contributed by atoms with Crippen LogP contribution in [0.5, 0.6) is 5.88 Å². The highest BCUT2D eigenvalue weighted by Gasteiger charge is 2.14. The average molecular weight is 371 g/mol. The molecule has 1 N–H and O–H groups in total. The first-order valence-electron chi connectivity index (χ1n) is 6.27. The van der Waals surface area contributed by atoms with Gasteiger partial charge < -0.3 is 5.11 Å². The van der Waals surface area contributed by atoms with E-state index in [9.17, 15) is 5.11 Å². The summed E-state index contributed by atoms with van der Waals surface area (Å²) in [6.07, 6.45) is 2.58. The standard InChI is InChI=1S/C14H15BrN2OS2/c1-3-9(2)17-13(18)12(20-14(17)19)8-16-11-7-5-4-6-10(11)15/h4-9,18H,3H2,1-2H3. The van der Waals surface area contributed by atoms with Gasteiger partial charge in [-0.2, -0.15) is 0 Å². The minimum absolute atomic E-state index is 0.185. The van der Waals surface area contributed by atoms with Gasteiger partial charge in [0.2, 0.25) is 5.88 Å². The second-order valence-corrected chi connectivity index (χ2v) is 6.92. The van der Waals surface area contributed by atoms with Gasteiger partial charge in [0.05, 0.1) is 11.9 Å². The molecule has 0 saturated carbocycles. The molecule has 106 valence electrons. The molecule has 0 aliphatic rings. The number of aromatic nitrogens is 1. The van der Waals surface area contributed by atoms with E-state index in [0.29, 0.717) is 8.83 Å². The zero-order valence-electron chi connectivity index (χ0n) is 11.2. The second kappa shape index (κ2) is 6.65. The van der Waals surface area contributed by atoms with Crippen LogP contribution in [0.1, 0.15) is 31.2 Å². The maximum Gasteiger partial charge on any atom is 0.212 e. The van der Waals surface area contributed by atoms with E-state index in [1.165, 1.54) is 11.3 Å². The van der Waals surface area contributed by atoms with E-state index in [1.54, 1.807) is 10.8 Å². The molecule has 2 aromatic rings. The van der Waals surface area contributed by atoms with Crippen molar-refractivity contribution in [3.8, 4) is 5.88 Å². The highest BCUT2D eigenvalue weighted by molar-refractivity contribution is 9.10. The summed E-state index contributed by atoms with van der Waals surface area (Å²) in [6.45, 7) is 4.11. The van der Waals surface area contributed by atoms with Gasteiger partial charge in [0, 0.05) is 10.5 Å². The first kappa shape index (κ1) is 15.4. The fraction of sp³-hybridized carbons (Fsp3) is 0.286. The zero-order valence-corrected chi connectivity index (χ0v) is 14.4. The molecule has 1 heterocycles. The number of halogens is 1. The Morgan fingerprint density at radius 3 is 2.85 bits per heavy atom. The van der Waals surface area contributed by atoms with Gasteiger partial charge in [-0.15, -0.1) is 0 Å². The first-order valence-corrected chi connectivity index (χ1v) is 8.29. The van der Waals surface area contributed by atoms with Crippen LogP contribution in [0, 0.1) is 3.95 Å². The van der Waals surface area contributed by atoms with Gasteiger partial charge in [-0.1, -0.05) is 30.4 Å². The van der Waals surface area contributed by atoms with Gasteiger partial charge >= 0.3 is 0 Å². The van der Waals surface area contributed by atoms with Gasteiger partial charge in [0.1, 0.15) is 4.88 Å². The predicted molar refractivity (Wildman–Crippen MR) is 91.2 cm³/mol. The Hall–Kier alpha value is -0.980. The number of aliphatic imine (C=N–C) groups is 1. The summed E-state index contributed by atoms with van der Waals surface area (Å²) in [4.78, 5) is 5.08. The molecule has 0 aliphatic heterocycles. The van der Waals surface area contributed by atoms with Gasteiger partial charge in [-0.3, -0.25) is 9.56 Å². The Bertz CT molecular complexity index is 691. The number of aromatic hydroxyl groups is 1. The summed E-state index contributed by atoms with van der Waals surface area (Å²) in [7, 11) is 0. The molecule has 0 amide bonds. The van der Waals surface area contributed by atoms with Crippen molar-refractivity contribution in [2.24, 2.45) is 4.99 Å². The van der Waals surface area contributed by atoms with Crippen molar-refractivity contribution < 1.29 is 5.11 Å². The molecule has 0 saturated heterocycles. The maximum absolute atomic E-state index is 10.3. The van der Waals surface area contributed by atoms with E-state index in [1.807, 2.05) is 31.2 Å². The summed E-state index contributed by atoms with van der Waals surface area (Å²) in [6, 6.07) is 7.87. The Morgan fingerprint density at radius 2 is 2.20 bits per heavy atom. The quantitative estimate of drug-likeness (QED) is 0.572. The first-order chi connectivity index (χ1) is 9.54. The number of hydrogen-bond acceptors (Lipinski definition) is 4. The fourth-order valence-electron chi connectivity index (χ4n) is 1.73. The molecule has 0 fully saturated rings. The molecule has 0 spiro atoms. The highest BCUT2D eigenvalue weighted by atomic mass is 79.9. The van der Waals surface area contributed by atoms with Crippen LogP contribution in [0.4, 0.5) is 5.69 Å². The van der Waals surface area contributed by atoms with E-state index in [-0.39, 0.29) is 11.9 Å². The van der Waals surface area contributed by atoms with Crippen LogP contribution in [0.25, 0.3) is 0 Å². The smallest absolute Gasteiger partial charge is 0.212 e. The third-order valence-corrected chi connectivity index (χ3v) is 5.04. The molecular formula is C14H15BrN2OS2. The lowest BCUT2D eigenvalue weighted by molar-refractivity contribution is 0.384. The lowest BCUT2D eigenvalue weighted by Gasteiger charge is -2.11. The number of nitrogens with zero attached hydrogens (tertiary/aromatic N) is 2. The minimum Gasteiger partial charge on any atom is -0.493 e. The lowest BCUT2D eigenvalue weighted by Crippen LogP contribution is -2.02. The number of hydrogen-bond donors (Lipinski definition) is 1. The number of benzene rings is 1. The number of para-hydroxylation sites is 1. The van der Waals surface area contributed by atoms with Gasteiger partial charge in [-0.05, 0) is 53.6 Å². The van der Waals surface area contributed by atoms with Gasteiger partial charge in [0.15, 0.2) is 3.95 Å². The normalized spacial score (nSPS) is 12.9. The van der Waals surface area contributed by atoms with E-state index in [4.69, 9.17) is 12.2 Å². The molecule has 1 atom stereocenters. The van der Waals surface area contributed by atoms with Crippen LogP contribution < -0.4 is 0 Å². The number of rotatable bonds is 4. The van der Waals surface area contributed by atoms with E-state index >= 15 is 0 Å². The number of thiazole rings is 1. The molecule has 1 aromatic carbocycles. The summed E-state index contributed by atoms with van der Waals surface area (Å²) in [5.74, 6) is 0.199. The predicted octanol–water partition coefficient (Wildman–Crippen LogP) is 5.47. The molecule has 2 rings (SSSR count). The van der Waals surface area contributed by atoms with Crippen molar-refractivity contribution in [2.45, 2.75) is 26.3 Å². The van der Waals surface area contributed by atoms with Crippen LogP contribution in [-0.2, 0) is 0 Å². The van der Waals surface area contributed by atoms with Gasteiger partial charge in [0.25, 0.3) is 0 Å². The summed E-state index contributed by atoms with van der Waals surface area (Å²) < 4.78 is 3.37. The third kappa shape index (κ3) is 3.19. The summed E-state index contributed by atoms with van der Waals surface area (Å²) in [5, 5.41) is 10.3. The topological polar surface area (TPSA) is 37.5 Å². The summed E-state index contributed by atoms with van der Waals surface area (Å²) in [5.41, 5.74) is 0.821. The van der Waals surface area contributed by atoms with Crippen molar-refractivity contribution in [2.75, 3.05) is 0 Å². The van der Waals surface area contributed by atoms with Crippen LogP contribution >= 0.6 is 39.5 Å². The van der Waals surface area contributed by atoms with Crippen molar-refractivity contribution in [3.05, 3.63) is 37.6 Å². The largest absolute Gasteiger partial charge is 0.493 e. The van der Waals surface area contributed by atoms with E-state index in [2.05, 4.69) is 27.8 Å². The van der Waals surface area contributed by atoms with Crippen LogP contribution in [-0.4, -0.2) is 15.9 Å². The molecule has 20 heavy (non-hydrogen) atoms. The molecule has 0 aliphatic carbocycles. The molecular weight excluding hydrogens is 356 g/mol. The SMILES string of the molecule is CCC(C)n1c(O)c(C=Nc2ccccc2Br)sc1=S. The fourth-order valence-corrected chi connectivity index (χ4v) is 3.50. The lowest BCUT2D eigenvalue weighted by atomic mass is 10.2. The van der Waals surface area contributed by atoms with E-state index in [0.717, 1.165) is 16.6 Å². The van der Waals surface area contributed by atoms with Crippen molar-refractivity contribution in [3.63, 3.8) is 0 Å². The molecule has 1 unspecified atom stereocenters. The third-order valence-electron chi connectivity index (χ3n) is 3.05. The second-order valence-electron chi connectivity index (χ2n) is 4.39. The molecule has 1 aromatic heterocycles. The Morgan fingerprint density at radius 1 is 1.50 bits per heavy atom. The molecule has 0 radical (unpaired) electrons. The van der Waals surface area contributed by atoms with Crippen LogP contribution in [0.15, 0.2) is 33.7 Å². The average Bonchev–Trinajstić information content (AvgIpc) is 2.72. The zero-order chi connectivity index (χ0) is 14.7. The monoisotopic (exact) mass is 370 g/mol. The van der Waals surface area contributed by atoms with Crippen LogP contribution in [0.3, 0.4) is 0 Å². The van der Waals surface area contributed by atoms with Crippen molar-refractivity contribution in [1.29, 1.82) is 0 Å². The maximum atomic E-state index is 10.3. The van der Waals surface area contributed by atoms with Crippen molar-refractivity contribution in [1.82, 2.24) is 4.57 Å². The van der Waals surface area contributed by atoms with Gasteiger partial charge in [-0.25, -0.2) is 0 Å². The van der Waals surface area contributed by atoms with Crippen LogP contribution in [0.2, 0.25) is 0 Å². The Labute approximate surface area is 135 Å². The molecule has 6 heteroatoms. The highest BCUT2D eigenvalue weighted by Crippen LogP contribution is 2.30.